The van der Waals surface area contributed by atoms with Gasteiger partial charge in [-0.2, -0.15) is 0 Å². The maximum absolute atomic E-state index is 12.0. The lowest BCUT2D eigenvalue weighted by Crippen LogP contribution is -2.24. The van der Waals surface area contributed by atoms with Gasteiger partial charge >= 0.3 is 5.97 Å². The Balaban J connectivity index is 2.75. The van der Waals surface area contributed by atoms with E-state index in [1.165, 1.54) is 24.1 Å². The second kappa shape index (κ2) is 4.68. The van der Waals surface area contributed by atoms with Crippen LogP contribution in [0.1, 0.15) is 10.4 Å². The van der Waals surface area contributed by atoms with Crippen LogP contribution < -0.4 is 4.90 Å². The number of halogens is 2. The zero-order valence-electron chi connectivity index (χ0n) is 8.02. The van der Waals surface area contributed by atoms with Crippen molar-refractivity contribution in [1.29, 1.82) is 0 Å². The summed E-state index contributed by atoms with van der Waals surface area (Å²) in [4.78, 5) is 15.5. The molecule has 0 aromatic carbocycles. The fourth-order valence-corrected chi connectivity index (χ4v) is 1.04. The molecule has 82 valence electrons. The summed E-state index contributed by atoms with van der Waals surface area (Å²) in [7, 11) is 1.47. The Kier molecular flexibility index (Phi) is 3.54. The van der Waals surface area contributed by atoms with E-state index >= 15 is 0 Å². The molecule has 1 aromatic heterocycles. The second-order valence-electron chi connectivity index (χ2n) is 2.98. The SMILES string of the molecule is CN(CC(F)F)c1ccc(C(=O)O)cn1. The molecule has 0 fully saturated rings. The first-order chi connectivity index (χ1) is 7.00. The van der Waals surface area contributed by atoms with E-state index < -0.39 is 18.9 Å². The summed E-state index contributed by atoms with van der Waals surface area (Å²) in [5, 5.41) is 8.59. The minimum Gasteiger partial charge on any atom is -0.478 e. The summed E-state index contributed by atoms with van der Waals surface area (Å²) in [5.41, 5.74) is 0.0317. The number of hydrogen-bond acceptors (Lipinski definition) is 3. The predicted octanol–water partition coefficient (Wildman–Crippen LogP) is 1.48. The zero-order valence-corrected chi connectivity index (χ0v) is 8.02. The van der Waals surface area contributed by atoms with Crippen LogP contribution in [-0.2, 0) is 0 Å². The van der Waals surface area contributed by atoms with Gasteiger partial charge in [0, 0.05) is 13.2 Å². The van der Waals surface area contributed by atoms with E-state index in [4.69, 9.17) is 5.11 Å². The van der Waals surface area contributed by atoms with Gasteiger partial charge in [0.2, 0.25) is 0 Å². The monoisotopic (exact) mass is 216 g/mol. The van der Waals surface area contributed by atoms with Gasteiger partial charge in [0.15, 0.2) is 0 Å². The van der Waals surface area contributed by atoms with Crippen molar-refractivity contribution < 1.29 is 18.7 Å². The Hall–Kier alpha value is -1.72. The molecule has 6 heteroatoms. The first-order valence-corrected chi connectivity index (χ1v) is 4.19. The highest BCUT2D eigenvalue weighted by Gasteiger charge is 2.10. The van der Waals surface area contributed by atoms with E-state index in [9.17, 15) is 13.6 Å². The summed E-state index contributed by atoms with van der Waals surface area (Å²) in [6, 6.07) is 2.72. The first kappa shape index (κ1) is 11.4. The largest absolute Gasteiger partial charge is 0.478 e. The molecule has 1 N–H and O–H groups in total. The van der Waals surface area contributed by atoms with Crippen molar-refractivity contribution in [2.45, 2.75) is 6.43 Å². The summed E-state index contributed by atoms with van der Waals surface area (Å²) in [5.74, 6) is -0.772. The third-order valence-corrected chi connectivity index (χ3v) is 1.80. The van der Waals surface area contributed by atoms with Crippen molar-refractivity contribution >= 4 is 11.8 Å². The van der Waals surface area contributed by atoms with Gasteiger partial charge in [-0.3, -0.25) is 0 Å². The van der Waals surface area contributed by atoms with Crippen molar-refractivity contribution in [3.63, 3.8) is 0 Å². The lowest BCUT2D eigenvalue weighted by atomic mass is 10.3. The van der Waals surface area contributed by atoms with Crippen LogP contribution in [-0.4, -0.2) is 36.1 Å². The highest BCUT2D eigenvalue weighted by molar-refractivity contribution is 5.87. The molecule has 0 aliphatic rings. The Morgan fingerprint density at radius 2 is 2.27 bits per heavy atom. The molecule has 15 heavy (non-hydrogen) atoms. The van der Waals surface area contributed by atoms with Crippen molar-refractivity contribution in [2.24, 2.45) is 0 Å². The molecule has 0 unspecified atom stereocenters. The number of carboxylic acids is 1. The third kappa shape index (κ3) is 3.16. The molecule has 0 saturated carbocycles. The van der Waals surface area contributed by atoms with E-state index in [2.05, 4.69) is 4.98 Å². The van der Waals surface area contributed by atoms with Crippen molar-refractivity contribution in [2.75, 3.05) is 18.5 Å². The molecule has 0 aliphatic carbocycles. The van der Waals surface area contributed by atoms with Crippen LogP contribution in [0.4, 0.5) is 14.6 Å². The standard InChI is InChI=1S/C9H10F2N2O2/c1-13(5-7(10)11)8-3-2-6(4-12-8)9(14)15/h2-4,7H,5H2,1H3,(H,14,15). The lowest BCUT2D eigenvalue weighted by molar-refractivity contribution is 0.0696. The summed E-state index contributed by atoms with van der Waals surface area (Å²) >= 11 is 0. The minimum atomic E-state index is -2.45. The fraction of sp³-hybridized carbons (Fsp3) is 0.333. The van der Waals surface area contributed by atoms with Gasteiger partial charge in [-0.15, -0.1) is 0 Å². The molecule has 0 aliphatic heterocycles. The number of rotatable bonds is 4. The van der Waals surface area contributed by atoms with Crippen LogP contribution in [0, 0.1) is 0 Å². The van der Waals surface area contributed by atoms with Crippen LogP contribution >= 0.6 is 0 Å². The van der Waals surface area contributed by atoms with Gasteiger partial charge < -0.3 is 10.0 Å². The Morgan fingerprint density at radius 3 is 2.67 bits per heavy atom. The van der Waals surface area contributed by atoms with Gasteiger partial charge in [0.05, 0.1) is 12.1 Å². The van der Waals surface area contributed by atoms with Gasteiger partial charge in [0.25, 0.3) is 6.43 Å². The van der Waals surface area contributed by atoms with E-state index in [1.54, 1.807) is 0 Å². The fourth-order valence-electron chi connectivity index (χ4n) is 1.04. The van der Waals surface area contributed by atoms with Gasteiger partial charge in [-0.25, -0.2) is 18.6 Å². The average molecular weight is 216 g/mol. The molecule has 0 spiro atoms. The number of anilines is 1. The molecule has 1 rings (SSSR count). The molecule has 0 saturated heterocycles. The topological polar surface area (TPSA) is 53.4 Å². The molecule has 0 atom stereocenters. The molecule has 0 bridgehead atoms. The molecule has 0 amide bonds. The highest BCUT2D eigenvalue weighted by Crippen LogP contribution is 2.10. The van der Waals surface area contributed by atoms with Crippen molar-refractivity contribution in [1.82, 2.24) is 4.98 Å². The normalized spacial score (nSPS) is 10.4. The summed E-state index contributed by atoms with van der Waals surface area (Å²) in [6.07, 6.45) is -1.31. The van der Waals surface area contributed by atoms with E-state index in [1.807, 2.05) is 0 Å². The number of alkyl halides is 2. The molecular formula is C9H10F2N2O2. The lowest BCUT2D eigenvalue weighted by Gasteiger charge is -2.17. The van der Waals surface area contributed by atoms with Crippen LogP contribution in [0.15, 0.2) is 18.3 Å². The number of hydrogen-bond donors (Lipinski definition) is 1. The van der Waals surface area contributed by atoms with Crippen molar-refractivity contribution in [3.05, 3.63) is 23.9 Å². The zero-order chi connectivity index (χ0) is 11.4. The highest BCUT2D eigenvalue weighted by atomic mass is 19.3. The van der Waals surface area contributed by atoms with Crippen LogP contribution in [0.2, 0.25) is 0 Å². The quantitative estimate of drug-likeness (QED) is 0.828. The number of carboxylic acid groups (broad SMARTS) is 1. The smallest absolute Gasteiger partial charge is 0.337 e. The number of aromatic carboxylic acids is 1. The molecule has 1 aromatic rings. The van der Waals surface area contributed by atoms with Crippen LogP contribution in [0.25, 0.3) is 0 Å². The first-order valence-electron chi connectivity index (χ1n) is 4.19. The molecule has 0 radical (unpaired) electrons. The minimum absolute atomic E-state index is 0.0317. The molecule has 4 nitrogen and oxygen atoms in total. The predicted molar refractivity (Wildman–Crippen MR) is 50.5 cm³/mol. The second-order valence-corrected chi connectivity index (χ2v) is 2.98. The Morgan fingerprint density at radius 1 is 1.60 bits per heavy atom. The third-order valence-electron chi connectivity index (χ3n) is 1.80. The number of aromatic nitrogens is 1. The van der Waals surface area contributed by atoms with Crippen LogP contribution in [0.5, 0.6) is 0 Å². The van der Waals surface area contributed by atoms with Gasteiger partial charge in [0.1, 0.15) is 5.82 Å². The maximum Gasteiger partial charge on any atom is 0.337 e. The Bertz CT molecular complexity index is 340. The van der Waals surface area contributed by atoms with Gasteiger partial charge in [-0.1, -0.05) is 0 Å². The Labute approximate surface area is 85.2 Å². The van der Waals surface area contributed by atoms with Gasteiger partial charge in [-0.05, 0) is 12.1 Å². The van der Waals surface area contributed by atoms with E-state index in [0.717, 1.165) is 6.20 Å². The summed E-state index contributed by atoms with van der Waals surface area (Å²) in [6.45, 7) is -0.431. The number of pyridine rings is 1. The average Bonchev–Trinajstić information content (AvgIpc) is 2.17. The van der Waals surface area contributed by atoms with Crippen molar-refractivity contribution in [3.8, 4) is 0 Å². The molecule has 1 heterocycles. The number of carbonyl (C=O) groups is 1. The maximum atomic E-state index is 12.0. The number of nitrogens with zero attached hydrogens (tertiary/aromatic N) is 2. The van der Waals surface area contributed by atoms with Crippen LogP contribution in [0.3, 0.4) is 0 Å². The molecular weight excluding hydrogens is 206 g/mol. The van der Waals surface area contributed by atoms with E-state index in [0.29, 0.717) is 5.82 Å². The summed E-state index contributed by atoms with van der Waals surface area (Å²) < 4.78 is 24.0. The van der Waals surface area contributed by atoms with E-state index in [-0.39, 0.29) is 5.56 Å².